The third-order valence-corrected chi connectivity index (χ3v) is 2.03. The summed E-state index contributed by atoms with van der Waals surface area (Å²) < 4.78 is 4.94. The number of allylic oxidation sites excluding steroid dienone is 2. The number of ether oxygens (including phenoxy) is 1. The lowest BCUT2D eigenvalue weighted by atomic mass is 10.3. The molecule has 1 aliphatic heterocycles. The fourth-order valence-electron chi connectivity index (χ4n) is 0.752. The van der Waals surface area contributed by atoms with Crippen molar-refractivity contribution in [1.82, 2.24) is 0 Å². The van der Waals surface area contributed by atoms with E-state index in [2.05, 4.69) is 15.9 Å². The predicted molar refractivity (Wildman–Crippen MR) is 47.6 cm³/mol. The largest absolute Gasteiger partial charge is 0.471 e. The molecule has 0 saturated carbocycles. The molecular formula is C7H6BrNO4. The van der Waals surface area contributed by atoms with E-state index < -0.39 is 9.94 Å². The fourth-order valence-corrected chi connectivity index (χ4v) is 1.10. The zero-order valence-corrected chi connectivity index (χ0v) is 8.28. The third-order valence-electron chi connectivity index (χ3n) is 1.39. The Morgan fingerprint density at radius 2 is 2.46 bits per heavy atom. The van der Waals surface area contributed by atoms with Crippen molar-refractivity contribution in [2.24, 2.45) is 0 Å². The van der Waals surface area contributed by atoms with Gasteiger partial charge in [-0.05, 0) is 15.9 Å². The number of hydrogen-bond donors (Lipinski definition) is 0. The van der Waals surface area contributed by atoms with Gasteiger partial charge < -0.3 is 4.74 Å². The van der Waals surface area contributed by atoms with Crippen LogP contribution in [0.4, 0.5) is 0 Å². The van der Waals surface area contributed by atoms with Crippen LogP contribution in [0, 0.1) is 10.1 Å². The van der Waals surface area contributed by atoms with Gasteiger partial charge in [-0.1, -0.05) is 0 Å². The van der Waals surface area contributed by atoms with E-state index in [0.29, 0.717) is 0 Å². The SMILES string of the molecule is CC(=CC1=CC(=O)C(Br)O1)[N+](=O)[O-]. The first-order valence-electron chi connectivity index (χ1n) is 3.39. The summed E-state index contributed by atoms with van der Waals surface area (Å²) in [6, 6.07) is 0. The molecule has 0 aromatic heterocycles. The van der Waals surface area contributed by atoms with Crippen molar-refractivity contribution in [3.63, 3.8) is 0 Å². The highest BCUT2D eigenvalue weighted by Gasteiger charge is 2.23. The van der Waals surface area contributed by atoms with Crippen molar-refractivity contribution in [3.8, 4) is 0 Å². The second kappa shape index (κ2) is 3.69. The van der Waals surface area contributed by atoms with E-state index in [1.807, 2.05) is 0 Å². The number of ketones is 1. The van der Waals surface area contributed by atoms with Gasteiger partial charge in [0.25, 0.3) is 0 Å². The molecule has 5 nitrogen and oxygen atoms in total. The van der Waals surface area contributed by atoms with Crippen LogP contribution >= 0.6 is 15.9 Å². The van der Waals surface area contributed by atoms with Crippen LogP contribution in [-0.4, -0.2) is 15.7 Å². The molecule has 0 radical (unpaired) electrons. The van der Waals surface area contributed by atoms with Crippen molar-refractivity contribution in [1.29, 1.82) is 0 Å². The van der Waals surface area contributed by atoms with Crippen molar-refractivity contribution in [2.75, 3.05) is 0 Å². The fraction of sp³-hybridized carbons (Fsp3) is 0.286. The van der Waals surface area contributed by atoms with E-state index in [-0.39, 0.29) is 17.2 Å². The van der Waals surface area contributed by atoms with E-state index >= 15 is 0 Å². The Kier molecular flexibility index (Phi) is 2.82. The Balaban J connectivity index is 2.78. The van der Waals surface area contributed by atoms with Gasteiger partial charge in [0.05, 0.1) is 11.0 Å². The molecule has 0 aromatic rings. The van der Waals surface area contributed by atoms with Crippen molar-refractivity contribution >= 4 is 21.7 Å². The van der Waals surface area contributed by atoms with E-state index in [9.17, 15) is 14.9 Å². The molecule has 1 heterocycles. The molecule has 1 aliphatic rings. The number of nitrogens with zero attached hydrogens (tertiary/aromatic N) is 1. The summed E-state index contributed by atoms with van der Waals surface area (Å²) in [6.07, 6.45) is 2.42. The highest BCUT2D eigenvalue weighted by atomic mass is 79.9. The lowest BCUT2D eigenvalue weighted by Crippen LogP contribution is -2.05. The topological polar surface area (TPSA) is 69.4 Å². The summed E-state index contributed by atoms with van der Waals surface area (Å²) in [5.41, 5.74) is -0.0688. The Bertz CT molecular complexity index is 320. The van der Waals surface area contributed by atoms with Crippen LogP contribution in [0.3, 0.4) is 0 Å². The molecule has 0 amide bonds. The second-order valence-corrected chi connectivity index (χ2v) is 3.26. The van der Waals surface area contributed by atoms with E-state index in [4.69, 9.17) is 4.74 Å². The summed E-state index contributed by atoms with van der Waals surface area (Å²) >= 11 is 2.95. The van der Waals surface area contributed by atoms with Gasteiger partial charge in [0, 0.05) is 13.0 Å². The summed E-state index contributed by atoms with van der Waals surface area (Å²) in [7, 11) is 0. The minimum atomic E-state index is -0.710. The molecule has 1 unspecified atom stereocenters. The normalized spacial score (nSPS) is 22.6. The highest BCUT2D eigenvalue weighted by Crippen LogP contribution is 2.20. The average Bonchev–Trinajstić information content (AvgIpc) is 2.31. The molecule has 0 N–H and O–H groups in total. The smallest absolute Gasteiger partial charge is 0.246 e. The van der Waals surface area contributed by atoms with E-state index in [1.54, 1.807) is 0 Å². The molecule has 0 spiro atoms. The number of carbonyl (C=O) groups is 1. The molecular weight excluding hydrogens is 242 g/mol. The Labute approximate surface area is 82.3 Å². The molecule has 0 aromatic carbocycles. The zero-order valence-electron chi connectivity index (χ0n) is 6.69. The van der Waals surface area contributed by atoms with Crippen LogP contribution in [0.1, 0.15) is 6.92 Å². The van der Waals surface area contributed by atoms with Crippen LogP contribution in [0.2, 0.25) is 0 Å². The van der Waals surface area contributed by atoms with Gasteiger partial charge in [0.15, 0.2) is 0 Å². The lowest BCUT2D eigenvalue weighted by Gasteiger charge is -2.00. The first-order chi connectivity index (χ1) is 6.00. The predicted octanol–water partition coefficient (Wildman–Crippen LogP) is 1.37. The molecule has 0 aliphatic carbocycles. The van der Waals surface area contributed by atoms with Gasteiger partial charge >= 0.3 is 0 Å². The molecule has 1 atom stereocenters. The second-order valence-electron chi connectivity index (χ2n) is 2.43. The van der Waals surface area contributed by atoms with E-state index in [1.165, 1.54) is 19.1 Å². The number of rotatable bonds is 2. The Hall–Kier alpha value is -1.17. The van der Waals surface area contributed by atoms with Crippen molar-refractivity contribution < 1.29 is 14.5 Å². The number of nitro groups is 1. The number of alkyl halides is 1. The maximum absolute atomic E-state index is 10.9. The summed E-state index contributed by atoms with van der Waals surface area (Å²) in [6.45, 7) is 1.33. The molecule has 13 heavy (non-hydrogen) atoms. The first-order valence-corrected chi connectivity index (χ1v) is 4.31. The lowest BCUT2D eigenvalue weighted by molar-refractivity contribution is -0.424. The average molecular weight is 248 g/mol. The van der Waals surface area contributed by atoms with Gasteiger partial charge in [-0.3, -0.25) is 14.9 Å². The quantitative estimate of drug-likeness (QED) is 0.420. The van der Waals surface area contributed by atoms with Gasteiger partial charge in [0.2, 0.25) is 16.5 Å². The highest BCUT2D eigenvalue weighted by molar-refractivity contribution is 9.09. The minimum Gasteiger partial charge on any atom is -0.471 e. The van der Waals surface area contributed by atoms with Gasteiger partial charge in [-0.2, -0.15) is 0 Å². The van der Waals surface area contributed by atoms with Crippen LogP contribution in [0.5, 0.6) is 0 Å². The van der Waals surface area contributed by atoms with Gasteiger partial charge in [-0.15, -0.1) is 0 Å². The van der Waals surface area contributed by atoms with Crippen molar-refractivity contribution in [3.05, 3.63) is 33.7 Å². The summed E-state index contributed by atoms with van der Waals surface area (Å²) in [5.74, 6) is -0.0385. The number of carbonyl (C=O) groups excluding carboxylic acids is 1. The molecule has 6 heteroatoms. The van der Waals surface area contributed by atoms with Crippen LogP contribution in [0.25, 0.3) is 0 Å². The third kappa shape index (κ3) is 2.38. The maximum atomic E-state index is 10.9. The van der Waals surface area contributed by atoms with Crippen LogP contribution < -0.4 is 0 Å². The van der Waals surface area contributed by atoms with Crippen LogP contribution in [0.15, 0.2) is 23.6 Å². The van der Waals surface area contributed by atoms with Gasteiger partial charge in [-0.25, -0.2) is 0 Å². The van der Waals surface area contributed by atoms with E-state index in [0.717, 1.165) is 0 Å². The minimum absolute atomic E-state index is 0.0688. The Morgan fingerprint density at radius 1 is 1.85 bits per heavy atom. The van der Waals surface area contributed by atoms with Crippen LogP contribution in [-0.2, 0) is 9.53 Å². The number of hydrogen-bond acceptors (Lipinski definition) is 4. The number of halogens is 1. The first kappa shape index (κ1) is 9.91. The summed E-state index contributed by atoms with van der Waals surface area (Å²) in [5, 5.41) is 9.50. The Morgan fingerprint density at radius 3 is 2.85 bits per heavy atom. The maximum Gasteiger partial charge on any atom is 0.246 e. The summed E-state index contributed by atoms with van der Waals surface area (Å²) in [4.78, 5) is 20.6. The molecule has 0 saturated heterocycles. The monoisotopic (exact) mass is 247 g/mol. The zero-order chi connectivity index (χ0) is 10.0. The van der Waals surface area contributed by atoms with Gasteiger partial charge in [0.1, 0.15) is 5.76 Å². The molecule has 1 rings (SSSR count). The molecule has 70 valence electrons. The molecule has 0 fully saturated rings. The standard InChI is InChI=1S/C7H6BrNO4/c1-4(9(11)12)2-5-3-6(10)7(8)13-5/h2-3,7H,1H3. The van der Waals surface area contributed by atoms with Crippen molar-refractivity contribution in [2.45, 2.75) is 11.9 Å². The molecule has 0 bridgehead atoms.